The van der Waals surface area contributed by atoms with Gasteiger partial charge in [0.2, 0.25) is 0 Å². The third-order valence-corrected chi connectivity index (χ3v) is 5.45. The highest BCUT2D eigenvalue weighted by Gasteiger charge is 2.31. The summed E-state index contributed by atoms with van der Waals surface area (Å²) in [5.41, 5.74) is 0.813. The molecule has 1 aromatic rings. The zero-order chi connectivity index (χ0) is 17.8. The molecule has 0 spiro atoms. The number of sulfone groups is 1. The molecule has 136 valence electrons. The van der Waals surface area contributed by atoms with Crippen molar-refractivity contribution in [3.05, 3.63) is 29.8 Å². The van der Waals surface area contributed by atoms with Gasteiger partial charge in [0.15, 0.2) is 9.84 Å². The average Bonchev–Trinajstić information content (AvgIpc) is 2.82. The van der Waals surface area contributed by atoms with Gasteiger partial charge in [-0.25, -0.2) is 8.42 Å². The topological polar surface area (TPSA) is 64.6 Å². The molecule has 2 rings (SSSR count). The second kappa shape index (κ2) is 7.71. The third-order valence-electron chi connectivity index (χ3n) is 3.71. The molecule has 1 aliphatic rings. The quantitative estimate of drug-likeness (QED) is 0.750. The van der Waals surface area contributed by atoms with Crippen molar-refractivity contribution in [3.63, 3.8) is 0 Å². The first-order valence-electron chi connectivity index (χ1n) is 7.56. The lowest BCUT2D eigenvalue weighted by molar-refractivity contribution is -0.274. The van der Waals surface area contributed by atoms with Gasteiger partial charge in [0.25, 0.3) is 0 Å². The van der Waals surface area contributed by atoms with Gasteiger partial charge in [-0.05, 0) is 31.0 Å². The van der Waals surface area contributed by atoms with Crippen LogP contribution in [-0.2, 0) is 14.6 Å². The van der Waals surface area contributed by atoms with Crippen molar-refractivity contribution < 1.29 is 31.1 Å². The lowest BCUT2D eigenvalue weighted by Crippen LogP contribution is -2.26. The largest absolute Gasteiger partial charge is 0.573 e. The number of halogens is 3. The van der Waals surface area contributed by atoms with Crippen molar-refractivity contribution in [1.29, 1.82) is 0 Å². The molecule has 1 saturated heterocycles. The first-order chi connectivity index (χ1) is 11.1. The van der Waals surface area contributed by atoms with Crippen molar-refractivity contribution in [3.8, 4) is 5.75 Å². The molecule has 0 bridgehead atoms. The highest BCUT2D eigenvalue weighted by atomic mass is 32.2. The fourth-order valence-corrected chi connectivity index (χ4v) is 4.09. The average molecular weight is 367 g/mol. The van der Waals surface area contributed by atoms with Crippen LogP contribution >= 0.6 is 0 Å². The van der Waals surface area contributed by atoms with Crippen LogP contribution in [0.1, 0.15) is 24.9 Å². The van der Waals surface area contributed by atoms with E-state index in [0.717, 1.165) is 5.56 Å². The molecule has 0 aromatic heterocycles. The molecule has 24 heavy (non-hydrogen) atoms. The lowest BCUT2D eigenvalue weighted by atomic mass is 10.1. The Labute approximate surface area is 139 Å². The summed E-state index contributed by atoms with van der Waals surface area (Å²) in [5.74, 6) is -0.0129. The SMILES string of the molecule is CC(NCCOC1CCS(=O)(=O)C1)c1ccc(OC(F)(F)F)cc1. The van der Waals surface area contributed by atoms with Crippen LogP contribution in [0.3, 0.4) is 0 Å². The summed E-state index contributed by atoms with van der Waals surface area (Å²) in [4.78, 5) is 0. The maximum Gasteiger partial charge on any atom is 0.573 e. The summed E-state index contributed by atoms with van der Waals surface area (Å²) < 4.78 is 68.2. The van der Waals surface area contributed by atoms with Gasteiger partial charge in [-0.1, -0.05) is 12.1 Å². The Kier molecular flexibility index (Phi) is 6.11. The number of benzene rings is 1. The smallest absolute Gasteiger partial charge is 0.406 e. The highest BCUT2D eigenvalue weighted by Crippen LogP contribution is 2.24. The van der Waals surface area contributed by atoms with Gasteiger partial charge in [-0.2, -0.15) is 0 Å². The van der Waals surface area contributed by atoms with Crippen LogP contribution in [0.15, 0.2) is 24.3 Å². The maximum atomic E-state index is 12.1. The van der Waals surface area contributed by atoms with Gasteiger partial charge in [0, 0.05) is 12.6 Å². The van der Waals surface area contributed by atoms with Crippen LogP contribution in [0.25, 0.3) is 0 Å². The van der Waals surface area contributed by atoms with Crippen LogP contribution in [0, 0.1) is 0 Å². The Morgan fingerprint density at radius 2 is 1.96 bits per heavy atom. The Bertz CT molecular complexity index is 631. The van der Waals surface area contributed by atoms with E-state index < -0.39 is 16.2 Å². The number of ether oxygens (including phenoxy) is 2. The van der Waals surface area contributed by atoms with Gasteiger partial charge < -0.3 is 14.8 Å². The monoisotopic (exact) mass is 367 g/mol. The van der Waals surface area contributed by atoms with Crippen molar-refractivity contribution in [1.82, 2.24) is 5.32 Å². The van der Waals surface area contributed by atoms with E-state index in [2.05, 4.69) is 10.1 Å². The summed E-state index contributed by atoms with van der Waals surface area (Å²) in [5, 5.41) is 3.17. The predicted molar refractivity (Wildman–Crippen MR) is 82.6 cm³/mol. The molecule has 0 amide bonds. The van der Waals surface area contributed by atoms with E-state index in [1.807, 2.05) is 6.92 Å². The maximum absolute atomic E-state index is 12.1. The second-order valence-electron chi connectivity index (χ2n) is 5.69. The number of hydrogen-bond donors (Lipinski definition) is 1. The predicted octanol–water partition coefficient (Wildman–Crippen LogP) is 2.44. The molecule has 1 heterocycles. The first kappa shape index (κ1) is 19.0. The van der Waals surface area contributed by atoms with Gasteiger partial charge in [-0.3, -0.25) is 0 Å². The fraction of sp³-hybridized carbons (Fsp3) is 0.600. The molecular weight excluding hydrogens is 347 g/mol. The molecule has 0 aliphatic carbocycles. The minimum Gasteiger partial charge on any atom is -0.406 e. The Morgan fingerprint density at radius 3 is 2.50 bits per heavy atom. The summed E-state index contributed by atoms with van der Waals surface area (Å²) >= 11 is 0. The van der Waals surface area contributed by atoms with Gasteiger partial charge in [0.05, 0.1) is 24.2 Å². The number of alkyl halides is 3. The van der Waals surface area contributed by atoms with Crippen LogP contribution < -0.4 is 10.1 Å². The fourth-order valence-electron chi connectivity index (χ4n) is 2.47. The van der Waals surface area contributed by atoms with Gasteiger partial charge >= 0.3 is 6.36 Å². The normalized spacial score (nSPS) is 21.6. The zero-order valence-corrected chi connectivity index (χ0v) is 14.0. The number of rotatable bonds is 7. The number of nitrogens with one attached hydrogen (secondary N) is 1. The Hall–Kier alpha value is -1.32. The van der Waals surface area contributed by atoms with Gasteiger partial charge in [-0.15, -0.1) is 13.2 Å². The molecule has 9 heteroatoms. The standard InChI is InChI=1S/C15H20F3NO4S/c1-11(12-2-4-13(5-3-12)23-15(16,17)18)19-7-8-22-14-6-9-24(20,21)10-14/h2-5,11,14,19H,6-10H2,1H3. The molecule has 1 aromatic carbocycles. The van der Waals surface area contributed by atoms with Crippen molar-refractivity contribution in [2.45, 2.75) is 31.9 Å². The third kappa shape index (κ3) is 6.29. The van der Waals surface area contributed by atoms with Crippen LogP contribution in [0.5, 0.6) is 5.75 Å². The minimum absolute atomic E-state index is 0.0726. The summed E-state index contributed by atoms with van der Waals surface area (Å²) in [7, 11) is -2.95. The molecule has 1 aliphatic heterocycles. The number of hydrogen-bond acceptors (Lipinski definition) is 5. The van der Waals surface area contributed by atoms with E-state index in [1.165, 1.54) is 12.1 Å². The lowest BCUT2D eigenvalue weighted by Gasteiger charge is -2.16. The van der Waals surface area contributed by atoms with E-state index in [1.54, 1.807) is 12.1 Å². The Morgan fingerprint density at radius 1 is 1.29 bits per heavy atom. The Balaban J connectivity index is 1.71. The van der Waals surface area contributed by atoms with E-state index in [9.17, 15) is 21.6 Å². The van der Waals surface area contributed by atoms with Crippen LogP contribution in [-0.4, -0.2) is 45.5 Å². The first-order valence-corrected chi connectivity index (χ1v) is 9.38. The van der Waals surface area contributed by atoms with Crippen LogP contribution in [0.4, 0.5) is 13.2 Å². The minimum atomic E-state index is -4.70. The summed E-state index contributed by atoms with van der Waals surface area (Å²) in [6, 6.07) is 5.56. The van der Waals surface area contributed by atoms with Crippen molar-refractivity contribution in [2.75, 3.05) is 24.7 Å². The van der Waals surface area contributed by atoms with Gasteiger partial charge in [0.1, 0.15) is 5.75 Å². The van der Waals surface area contributed by atoms with E-state index in [0.29, 0.717) is 19.6 Å². The molecule has 0 saturated carbocycles. The molecule has 5 nitrogen and oxygen atoms in total. The molecule has 1 fully saturated rings. The highest BCUT2D eigenvalue weighted by molar-refractivity contribution is 7.91. The zero-order valence-electron chi connectivity index (χ0n) is 13.2. The second-order valence-corrected chi connectivity index (χ2v) is 7.92. The van der Waals surface area contributed by atoms with E-state index in [4.69, 9.17) is 4.74 Å². The van der Waals surface area contributed by atoms with Crippen molar-refractivity contribution in [2.24, 2.45) is 0 Å². The molecule has 2 unspecified atom stereocenters. The summed E-state index contributed by atoms with van der Waals surface area (Å²) in [6.45, 7) is 2.76. The molecule has 0 radical (unpaired) electrons. The molecule has 1 N–H and O–H groups in total. The van der Waals surface area contributed by atoms with Crippen LogP contribution in [0.2, 0.25) is 0 Å². The molecular formula is C15H20F3NO4S. The summed E-state index contributed by atoms with van der Waals surface area (Å²) in [6.07, 6.45) is -4.42. The van der Waals surface area contributed by atoms with E-state index >= 15 is 0 Å². The van der Waals surface area contributed by atoms with E-state index in [-0.39, 0.29) is 29.4 Å². The van der Waals surface area contributed by atoms with Crippen molar-refractivity contribution >= 4 is 9.84 Å². The molecule has 2 atom stereocenters.